The van der Waals surface area contributed by atoms with Crippen LogP contribution in [-0.4, -0.2) is 21.2 Å². The zero-order valence-corrected chi connectivity index (χ0v) is 11.8. The zero-order chi connectivity index (χ0) is 14.0. The molecular weight excluding hydrogens is 240 g/mol. The standard InChI is InChI=1S/C14H20N4O/c1-8(2)11(10(4)15)14-17-13(18-19-14)12-9(3)6-5-7-16-12/h5-8,10-11H,15H2,1-4H3. The number of nitrogens with zero attached hydrogens (tertiary/aromatic N) is 3. The lowest BCUT2D eigenvalue weighted by Gasteiger charge is -2.20. The molecule has 0 bridgehead atoms. The SMILES string of the molecule is Cc1cccnc1-c1noc(C(C(C)C)C(C)N)n1. The van der Waals surface area contributed by atoms with Crippen LogP contribution >= 0.6 is 0 Å². The highest BCUT2D eigenvalue weighted by Gasteiger charge is 2.26. The minimum Gasteiger partial charge on any atom is -0.339 e. The van der Waals surface area contributed by atoms with Gasteiger partial charge >= 0.3 is 0 Å². The maximum absolute atomic E-state index is 6.00. The lowest BCUT2D eigenvalue weighted by molar-refractivity contribution is 0.300. The van der Waals surface area contributed by atoms with Gasteiger partial charge in [0.25, 0.3) is 0 Å². The third-order valence-electron chi connectivity index (χ3n) is 3.23. The Hall–Kier alpha value is -1.75. The molecule has 2 aromatic rings. The van der Waals surface area contributed by atoms with Crippen molar-refractivity contribution >= 4 is 0 Å². The topological polar surface area (TPSA) is 77.8 Å². The largest absolute Gasteiger partial charge is 0.339 e. The van der Waals surface area contributed by atoms with Gasteiger partial charge in [0.15, 0.2) is 0 Å². The maximum Gasteiger partial charge on any atom is 0.231 e. The van der Waals surface area contributed by atoms with E-state index in [1.54, 1.807) is 6.20 Å². The lowest BCUT2D eigenvalue weighted by Crippen LogP contribution is -2.28. The van der Waals surface area contributed by atoms with Crippen LogP contribution in [0.4, 0.5) is 0 Å². The third kappa shape index (κ3) is 2.81. The van der Waals surface area contributed by atoms with Crippen molar-refractivity contribution in [3.63, 3.8) is 0 Å². The third-order valence-corrected chi connectivity index (χ3v) is 3.23. The molecule has 2 aromatic heterocycles. The summed E-state index contributed by atoms with van der Waals surface area (Å²) in [6.45, 7) is 8.14. The van der Waals surface area contributed by atoms with Gasteiger partial charge in [-0.25, -0.2) is 0 Å². The van der Waals surface area contributed by atoms with Crippen molar-refractivity contribution in [2.24, 2.45) is 11.7 Å². The number of aromatic nitrogens is 3. The van der Waals surface area contributed by atoms with E-state index in [9.17, 15) is 0 Å². The highest BCUT2D eigenvalue weighted by molar-refractivity contribution is 5.53. The van der Waals surface area contributed by atoms with E-state index in [0.717, 1.165) is 11.3 Å². The molecular formula is C14H20N4O. The Kier molecular flexibility index (Phi) is 3.95. The Labute approximate surface area is 113 Å². The van der Waals surface area contributed by atoms with Gasteiger partial charge < -0.3 is 10.3 Å². The van der Waals surface area contributed by atoms with E-state index in [2.05, 4.69) is 29.0 Å². The first-order valence-corrected chi connectivity index (χ1v) is 6.52. The van der Waals surface area contributed by atoms with Gasteiger partial charge in [-0.3, -0.25) is 4.98 Å². The molecule has 5 nitrogen and oxygen atoms in total. The predicted molar refractivity (Wildman–Crippen MR) is 73.5 cm³/mol. The minimum absolute atomic E-state index is 0.0295. The molecule has 2 unspecified atom stereocenters. The summed E-state index contributed by atoms with van der Waals surface area (Å²) in [6, 6.07) is 3.83. The fourth-order valence-corrected chi connectivity index (χ4v) is 2.30. The number of pyridine rings is 1. The van der Waals surface area contributed by atoms with Crippen LogP contribution in [0.25, 0.3) is 11.5 Å². The summed E-state index contributed by atoms with van der Waals surface area (Å²) < 4.78 is 5.38. The van der Waals surface area contributed by atoms with E-state index in [4.69, 9.17) is 10.3 Å². The molecule has 19 heavy (non-hydrogen) atoms. The van der Waals surface area contributed by atoms with Crippen molar-refractivity contribution < 1.29 is 4.52 Å². The van der Waals surface area contributed by atoms with Gasteiger partial charge in [0.2, 0.25) is 11.7 Å². The summed E-state index contributed by atoms with van der Waals surface area (Å²) in [5.74, 6) is 1.52. The van der Waals surface area contributed by atoms with Gasteiger partial charge in [-0.2, -0.15) is 4.98 Å². The molecule has 2 rings (SSSR count). The van der Waals surface area contributed by atoms with Crippen LogP contribution in [0.5, 0.6) is 0 Å². The maximum atomic E-state index is 6.00. The van der Waals surface area contributed by atoms with Gasteiger partial charge in [0.1, 0.15) is 5.69 Å². The lowest BCUT2D eigenvalue weighted by atomic mass is 9.90. The van der Waals surface area contributed by atoms with Crippen LogP contribution in [-0.2, 0) is 0 Å². The van der Waals surface area contributed by atoms with E-state index < -0.39 is 0 Å². The molecule has 0 saturated heterocycles. The molecule has 0 fully saturated rings. The number of nitrogens with two attached hydrogens (primary N) is 1. The van der Waals surface area contributed by atoms with Crippen molar-refractivity contribution in [1.82, 2.24) is 15.1 Å². The Morgan fingerprint density at radius 2 is 2.00 bits per heavy atom. The summed E-state index contributed by atoms with van der Waals surface area (Å²) in [6.07, 6.45) is 1.73. The van der Waals surface area contributed by atoms with Crippen LogP contribution in [0.15, 0.2) is 22.9 Å². The molecule has 2 heterocycles. The number of hydrogen-bond donors (Lipinski definition) is 1. The molecule has 2 atom stereocenters. The molecule has 0 aliphatic heterocycles. The summed E-state index contributed by atoms with van der Waals surface area (Å²) in [4.78, 5) is 8.76. The van der Waals surface area contributed by atoms with Crippen LogP contribution in [0, 0.1) is 12.8 Å². The van der Waals surface area contributed by atoms with Crippen molar-refractivity contribution in [1.29, 1.82) is 0 Å². The molecule has 0 radical (unpaired) electrons. The Morgan fingerprint density at radius 1 is 1.26 bits per heavy atom. The predicted octanol–water partition coefficient (Wildman–Crippen LogP) is 2.53. The molecule has 0 aliphatic carbocycles. The molecule has 0 aliphatic rings. The molecule has 0 amide bonds. The van der Waals surface area contributed by atoms with E-state index in [0.29, 0.717) is 17.6 Å². The van der Waals surface area contributed by atoms with Crippen molar-refractivity contribution in [2.45, 2.75) is 39.7 Å². The second kappa shape index (κ2) is 5.48. The van der Waals surface area contributed by atoms with Crippen LogP contribution < -0.4 is 5.73 Å². The number of hydrogen-bond acceptors (Lipinski definition) is 5. The molecule has 5 heteroatoms. The van der Waals surface area contributed by atoms with Crippen molar-refractivity contribution in [3.8, 4) is 11.5 Å². The smallest absolute Gasteiger partial charge is 0.231 e. The Bertz CT molecular complexity index is 540. The molecule has 0 spiro atoms. The van der Waals surface area contributed by atoms with Gasteiger partial charge in [0.05, 0.1) is 5.92 Å². The van der Waals surface area contributed by atoms with Gasteiger partial charge in [0, 0.05) is 12.2 Å². The molecule has 0 aromatic carbocycles. The summed E-state index contributed by atoms with van der Waals surface area (Å²) in [5.41, 5.74) is 7.78. The normalized spacial score (nSPS) is 14.6. The average molecular weight is 260 g/mol. The first kappa shape index (κ1) is 13.7. The van der Waals surface area contributed by atoms with Gasteiger partial charge in [-0.15, -0.1) is 0 Å². The quantitative estimate of drug-likeness (QED) is 0.914. The molecule has 102 valence electrons. The average Bonchev–Trinajstić information content (AvgIpc) is 2.77. The highest BCUT2D eigenvalue weighted by atomic mass is 16.5. The van der Waals surface area contributed by atoms with Gasteiger partial charge in [-0.05, 0) is 31.4 Å². The first-order valence-electron chi connectivity index (χ1n) is 6.52. The fourth-order valence-electron chi connectivity index (χ4n) is 2.30. The van der Waals surface area contributed by atoms with Gasteiger partial charge in [-0.1, -0.05) is 25.1 Å². The van der Waals surface area contributed by atoms with E-state index in [1.807, 2.05) is 26.0 Å². The van der Waals surface area contributed by atoms with E-state index in [-0.39, 0.29) is 12.0 Å². The monoisotopic (exact) mass is 260 g/mol. The van der Waals surface area contributed by atoms with Crippen molar-refractivity contribution in [3.05, 3.63) is 29.8 Å². The summed E-state index contributed by atoms with van der Waals surface area (Å²) in [7, 11) is 0. The second-order valence-corrected chi connectivity index (χ2v) is 5.25. The molecule has 2 N–H and O–H groups in total. The first-order chi connectivity index (χ1) is 9.00. The van der Waals surface area contributed by atoms with E-state index in [1.165, 1.54) is 0 Å². The molecule has 0 saturated carbocycles. The summed E-state index contributed by atoms with van der Waals surface area (Å²) >= 11 is 0. The highest BCUT2D eigenvalue weighted by Crippen LogP contribution is 2.27. The van der Waals surface area contributed by atoms with Crippen LogP contribution in [0.1, 0.15) is 38.1 Å². The van der Waals surface area contributed by atoms with Crippen LogP contribution in [0.2, 0.25) is 0 Å². The van der Waals surface area contributed by atoms with Crippen molar-refractivity contribution in [2.75, 3.05) is 0 Å². The zero-order valence-electron chi connectivity index (χ0n) is 11.8. The summed E-state index contributed by atoms with van der Waals surface area (Å²) in [5, 5.41) is 4.03. The Balaban J connectivity index is 2.36. The fraction of sp³-hybridized carbons (Fsp3) is 0.500. The second-order valence-electron chi connectivity index (χ2n) is 5.25. The van der Waals surface area contributed by atoms with E-state index >= 15 is 0 Å². The minimum atomic E-state index is -0.0295. The Morgan fingerprint density at radius 3 is 2.58 bits per heavy atom. The van der Waals surface area contributed by atoms with Crippen LogP contribution in [0.3, 0.4) is 0 Å². The number of aryl methyl sites for hydroxylation is 1. The number of rotatable bonds is 4.